The summed E-state index contributed by atoms with van der Waals surface area (Å²) in [7, 11) is 0. The number of hydrogen-bond donors (Lipinski definition) is 1. The molecule has 0 radical (unpaired) electrons. The zero-order valence-corrected chi connectivity index (χ0v) is 12.3. The Labute approximate surface area is 125 Å². The first kappa shape index (κ1) is 13.5. The topological polar surface area (TPSA) is 29.3 Å². The van der Waals surface area contributed by atoms with Gasteiger partial charge in [-0.2, -0.15) is 0 Å². The van der Waals surface area contributed by atoms with Gasteiger partial charge in [-0.05, 0) is 36.6 Å². The third kappa shape index (κ3) is 2.19. The fourth-order valence-corrected chi connectivity index (χ4v) is 3.46. The van der Waals surface area contributed by atoms with Gasteiger partial charge in [0.1, 0.15) is 0 Å². The lowest BCUT2D eigenvalue weighted by molar-refractivity contribution is 0.569. The minimum absolute atomic E-state index is 0.127. The highest BCUT2D eigenvalue weighted by Crippen LogP contribution is 2.39. The van der Waals surface area contributed by atoms with Gasteiger partial charge in [0.2, 0.25) is 0 Å². The molecule has 0 fully saturated rings. The molecule has 1 heterocycles. The van der Waals surface area contributed by atoms with Crippen molar-refractivity contribution in [2.75, 3.05) is 11.4 Å². The Balaban J connectivity index is 2.04. The zero-order chi connectivity index (χ0) is 14.1. The zero-order valence-electron chi connectivity index (χ0n) is 11.6. The van der Waals surface area contributed by atoms with E-state index in [1.165, 1.54) is 11.3 Å². The van der Waals surface area contributed by atoms with Crippen molar-refractivity contribution in [2.45, 2.75) is 25.4 Å². The number of anilines is 1. The van der Waals surface area contributed by atoms with Crippen molar-refractivity contribution in [1.29, 1.82) is 0 Å². The first-order valence-corrected chi connectivity index (χ1v) is 7.41. The molecule has 3 rings (SSSR count). The van der Waals surface area contributed by atoms with Crippen LogP contribution in [0.25, 0.3) is 0 Å². The highest BCUT2D eigenvalue weighted by atomic mass is 35.5. The Hall–Kier alpha value is -1.51. The fraction of sp³-hybridized carbons (Fsp3) is 0.294. The van der Waals surface area contributed by atoms with Crippen LogP contribution < -0.4 is 10.6 Å². The maximum atomic E-state index is 6.37. The highest BCUT2D eigenvalue weighted by Gasteiger charge is 2.32. The molecule has 2 aromatic carbocycles. The van der Waals surface area contributed by atoms with Crippen LogP contribution in [0.5, 0.6) is 0 Å². The Morgan fingerprint density at radius 3 is 2.65 bits per heavy atom. The van der Waals surface area contributed by atoms with Crippen LogP contribution in [0.1, 0.15) is 24.1 Å². The molecular weight excluding hydrogens is 268 g/mol. The van der Waals surface area contributed by atoms with Gasteiger partial charge in [-0.1, -0.05) is 48.0 Å². The summed E-state index contributed by atoms with van der Waals surface area (Å²) in [6, 6.07) is 17.1. The summed E-state index contributed by atoms with van der Waals surface area (Å²) in [6.07, 6.45) is 1.07. The molecule has 104 valence electrons. The minimum atomic E-state index is 0.127. The summed E-state index contributed by atoms with van der Waals surface area (Å²) >= 11 is 6.37. The van der Waals surface area contributed by atoms with Crippen LogP contribution in [0, 0.1) is 0 Å². The van der Waals surface area contributed by atoms with Gasteiger partial charge in [-0.3, -0.25) is 0 Å². The quantitative estimate of drug-likeness (QED) is 0.930. The van der Waals surface area contributed by atoms with Crippen LogP contribution in [-0.4, -0.2) is 12.6 Å². The van der Waals surface area contributed by atoms with Gasteiger partial charge in [0.25, 0.3) is 0 Å². The van der Waals surface area contributed by atoms with Crippen molar-refractivity contribution in [3.63, 3.8) is 0 Å². The predicted molar refractivity (Wildman–Crippen MR) is 85.3 cm³/mol. The number of rotatable bonds is 3. The summed E-state index contributed by atoms with van der Waals surface area (Å²) in [4.78, 5) is 2.41. The van der Waals surface area contributed by atoms with E-state index in [1.54, 1.807) is 0 Å². The van der Waals surface area contributed by atoms with Crippen LogP contribution in [0.3, 0.4) is 0 Å². The van der Waals surface area contributed by atoms with Crippen LogP contribution in [0.15, 0.2) is 48.5 Å². The molecule has 0 saturated carbocycles. The average Bonchev–Trinajstić information content (AvgIpc) is 2.78. The van der Waals surface area contributed by atoms with E-state index < -0.39 is 0 Å². The molecule has 1 aliphatic rings. The normalized spacial score (nSPS) is 18.9. The summed E-state index contributed by atoms with van der Waals surface area (Å²) in [5, 5.41) is 0.791. The second-order valence-electron chi connectivity index (χ2n) is 5.36. The molecule has 0 spiro atoms. The van der Waals surface area contributed by atoms with E-state index in [0.29, 0.717) is 12.6 Å². The maximum Gasteiger partial charge on any atom is 0.0682 e. The van der Waals surface area contributed by atoms with Crippen molar-refractivity contribution in [3.8, 4) is 0 Å². The van der Waals surface area contributed by atoms with E-state index in [-0.39, 0.29) is 6.04 Å². The molecule has 2 unspecified atom stereocenters. The van der Waals surface area contributed by atoms with Gasteiger partial charge < -0.3 is 10.6 Å². The molecule has 1 aliphatic heterocycles. The Morgan fingerprint density at radius 1 is 1.20 bits per heavy atom. The van der Waals surface area contributed by atoms with Gasteiger partial charge in [-0.25, -0.2) is 0 Å². The lowest BCUT2D eigenvalue weighted by Gasteiger charge is -2.34. The highest BCUT2D eigenvalue weighted by molar-refractivity contribution is 6.31. The Kier molecular flexibility index (Phi) is 3.68. The molecule has 0 aromatic heterocycles. The first-order chi connectivity index (χ1) is 9.72. The largest absolute Gasteiger partial charge is 0.360 e. The van der Waals surface area contributed by atoms with Crippen LogP contribution in [0.4, 0.5) is 5.69 Å². The van der Waals surface area contributed by atoms with Crippen molar-refractivity contribution < 1.29 is 0 Å². The number of nitrogens with two attached hydrogens (primary N) is 1. The lowest BCUT2D eigenvalue weighted by atomic mass is 10.0. The van der Waals surface area contributed by atoms with Crippen molar-refractivity contribution >= 4 is 17.3 Å². The molecule has 0 amide bonds. The number of fused-ring (bicyclic) bond motifs is 1. The number of para-hydroxylation sites is 1. The third-order valence-electron chi connectivity index (χ3n) is 4.08. The number of nitrogens with zero attached hydrogens (tertiary/aromatic N) is 1. The molecule has 0 saturated heterocycles. The Bertz CT molecular complexity index is 611. The van der Waals surface area contributed by atoms with E-state index in [2.05, 4.69) is 42.2 Å². The molecular formula is C17H19ClN2. The van der Waals surface area contributed by atoms with Gasteiger partial charge in [-0.15, -0.1) is 0 Å². The van der Waals surface area contributed by atoms with E-state index in [4.69, 9.17) is 17.3 Å². The second-order valence-corrected chi connectivity index (χ2v) is 5.77. The summed E-state index contributed by atoms with van der Waals surface area (Å²) in [5.74, 6) is 0. The SMILES string of the molecule is CC1Cc2ccccc2N1C(CN)c1ccccc1Cl. The summed E-state index contributed by atoms with van der Waals surface area (Å²) in [5.41, 5.74) is 9.87. The van der Waals surface area contributed by atoms with E-state index in [1.807, 2.05) is 18.2 Å². The van der Waals surface area contributed by atoms with Crippen molar-refractivity contribution in [2.24, 2.45) is 5.73 Å². The standard InChI is InChI=1S/C17H19ClN2/c1-12-10-13-6-2-5-9-16(13)20(12)17(11-19)14-7-3-4-8-15(14)18/h2-9,12,17H,10-11,19H2,1H3. The predicted octanol–water partition coefficient (Wildman–Crippen LogP) is 3.79. The van der Waals surface area contributed by atoms with E-state index >= 15 is 0 Å². The van der Waals surface area contributed by atoms with Crippen LogP contribution >= 0.6 is 11.6 Å². The van der Waals surface area contributed by atoms with E-state index in [0.717, 1.165) is 17.0 Å². The minimum Gasteiger partial charge on any atom is -0.360 e. The van der Waals surface area contributed by atoms with Gasteiger partial charge in [0.15, 0.2) is 0 Å². The molecule has 20 heavy (non-hydrogen) atoms. The summed E-state index contributed by atoms with van der Waals surface area (Å²) in [6.45, 7) is 2.81. The smallest absolute Gasteiger partial charge is 0.0682 e. The summed E-state index contributed by atoms with van der Waals surface area (Å²) < 4.78 is 0. The number of hydrogen-bond acceptors (Lipinski definition) is 2. The molecule has 0 bridgehead atoms. The molecule has 0 aliphatic carbocycles. The molecule has 2 N–H and O–H groups in total. The monoisotopic (exact) mass is 286 g/mol. The third-order valence-corrected chi connectivity index (χ3v) is 4.43. The van der Waals surface area contributed by atoms with Crippen molar-refractivity contribution in [1.82, 2.24) is 0 Å². The Morgan fingerprint density at radius 2 is 1.90 bits per heavy atom. The molecule has 2 nitrogen and oxygen atoms in total. The van der Waals surface area contributed by atoms with E-state index in [9.17, 15) is 0 Å². The molecule has 2 aromatic rings. The van der Waals surface area contributed by atoms with Crippen LogP contribution in [0.2, 0.25) is 5.02 Å². The first-order valence-electron chi connectivity index (χ1n) is 7.03. The van der Waals surface area contributed by atoms with Gasteiger partial charge in [0.05, 0.1) is 6.04 Å². The van der Waals surface area contributed by atoms with Crippen LogP contribution in [-0.2, 0) is 6.42 Å². The number of halogens is 1. The molecule has 2 atom stereocenters. The van der Waals surface area contributed by atoms with Crippen molar-refractivity contribution in [3.05, 3.63) is 64.7 Å². The second kappa shape index (κ2) is 5.47. The van der Waals surface area contributed by atoms with Gasteiger partial charge in [0, 0.05) is 23.3 Å². The maximum absolute atomic E-state index is 6.37. The number of benzene rings is 2. The fourth-order valence-electron chi connectivity index (χ4n) is 3.20. The lowest BCUT2D eigenvalue weighted by Crippen LogP contribution is -2.37. The molecule has 3 heteroatoms. The van der Waals surface area contributed by atoms with Gasteiger partial charge >= 0.3 is 0 Å². The average molecular weight is 287 g/mol.